The van der Waals surface area contributed by atoms with Crippen molar-refractivity contribution in [1.29, 1.82) is 0 Å². The van der Waals surface area contributed by atoms with Crippen molar-refractivity contribution >= 4 is 22.5 Å². The van der Waals surface area contributed by atoms with Gasteiger partial charge in [0.25, 0.3) is 0 Å². The Morgan fingerprint density at radius 3 is 2.64 bits per heavy atom. The molecule has 1 aromatic heterocycles. The van der Waals surface area contributed by atoms with Crippen LogP contribution in [-0.2, 0) is 0 Å². The summed E-state index contributed by atoms with van der Waals surface area (Å²) in [6, 6.07) is 7.67. The van der Waals surface area contributed by atoms with Gasteiger partial charge in [-0.25, -0.2) is 9.78 Å². The van der Waals surface area contributed by atoms with E-state index in [1.807, 2.05) is 43.7 Å². The van der Waals surface area contributed by atoms with Crippen LogP contribution >= 0.6 is 11.3 Å². The van der Waals surface area contributed by atoms with Gasteiger partial charge in [0.1, 0.15) is 5.75 Å². The molecule has 6 nitrogen and oxygen atoms in total. The average molecular weight is 320 g/mol. The van der Waals surface area contributed by atoms with E-state index in [9.17, 15) is 4.79 Å². The number of amides is 2. The number of hydrogen-bond donors (Lipinski definition) is 2. The maximum atomic E-state index is 11.9. The van der Waals surface area contributed by atoms with Crippen molar-refractivity contribution in [2.45, 2.75) is 6.04 Å². The number of carbonyl (C=O) groups is 1. The molecule has 0 aliphatic rings. The summed E-state index contributed by atoms with van der Waals surface area (Å²) in [6.07, 6.45) is 1.65. The first-order valence-electron chi connectivity index (χ1n) is 6.85. The van der Waals surface area contributed by atoms with Crippen molar-refractivity contribution in [2.24, 2.45) is 0 Å². The fourth-order valence-electron chi connectivity index (χ4n) is 2.04. The predicted octanol–water partition coefficient (Wildman–Crippen LogP) is 2.58. The highest BCUT2D eigenvalue weighted by atomic mass is 32.1. The van der Waals surface area contributed by atoms with Crippen LogP contribution < -0.4 is 15.4 Å². The molecule has 7 heteroatoms. The SMILES string of the molecule is COc1ccc([C@@H](CNC(=O)Nc2nccs2)N(C)C)cc1. The lowest BCUT2D eigenvalue weighted by Crippen LogP contribution is -2.36. The van der Waals surface area contributed by atoms with Crippen molar-refractivity contribution in [1.82, 2.24) is 15.2 Å². The van der Waals surface area contributed by atoms with E-state index in [-0.39, 0.29) is 12.1 Å². The van der Waals surface area contributed by atoms with Crippen molar-refractivity contribution in [3.05, 3.63) is 41.4 Å². The molecule has 118 valence electrons. The Balaban J connectivity index is 1.95. The van der Waals surface area contributed by atoms with Gasteiger partial charge in [-0.15, -0.1) is 11.3 Å². The second kappa shape index (κ2) is 7.77. The summed E-state index contributed by atoms with van der Waals surface area (Å²) < 4.78 is 5.17. The first kappa shape index (κ1) is 16.3. The lowest BCUT2D eigenvalue weighted by atomic mass is 10.1. The molecule has 0 spiro atoms. The van der Waals surface area contributed by atoms with Gasteiger partial charge >= 0.3 is 6.03 Å². The van der Waals surface area contributed by atoms with E-state index < -0.39 is 0 Å². The van der Waals surface area contributed by atoms with Crippen LogP contribution in [0.1, 0.15) is 11.6 Å². The average Bonchev–Trinajstić information content (AvgIpc) is 3.00. The van der Waals surface area contributed by atoms with Gasteiger partial charge in [0, 0.05) is 18.1 Å². The monoisotopic (exact) mass is 320 g/mol. The van der Waals surface area contributed by atoms with Crippen LogP contribution in [0.2, 0.25) is 0 Å². The molecular weight excluding hydrogens is 300 g/mol. The van der Waals surface area contributed by atoms with Crippen LogP contribution in [0.15, 0.2) is 35.8 Å². The predicted molar refractivity (Wildman–Crippen MR) is 88.6 cm³/mol. The Labute approximate surface area is 134 Å². The minimum absolute atomic E-state index is 0.0768. The normalized spacial score (nSPS) is 12.0. The highest BCUT2D eigenvalue weighted by Gasteiger charge is 2.15. The zero-order chi connectivity index (χ0) is 15.9. The van der Waals surface area contributed by atoms with Gasteiger partial charge in [-0.05, 0) is 31.8 Å². The Morgan fingerprint density at radius 2 is 2.09 bits per heavy atom. The van der Waals surface area contributed by atoms with E-state index in [0.717, 1.165) is 11.3 Å². The quantitative estimate of drug-likeness (QED) is 0.858. The fourth-order valence-corrected chi connectivity index (χ4v) is 2.56. The summed E-state index contributed by atoms with van der Waals surface area (Å²) in [5.74, 6) is 0.815. The number of thiazole rings is 1. The van der Waals surface area contributed by atoms with E-state index in [1.165, 1.54) is 11.3 Å². The van der Waals surface area contributed by atoms with E-state index in [0.29, 0.717) is 11.7 Å². The molecule has 0 unspecified atom stereocenters. The number of hydrogen-bond acceptors (Lipinski definition) is 5. The third kappa shape index (κ3) is 4.44. The van der Waals surface area contributed by atoms with E-state index in [4.69, 9.17) is 4.74 Å². The number of benzene rings is 1. The highest BCUT2D eigenvalue weighted by Crippen LogP contribution is 2.20. The number of rotatable bonds is 6. The zero-order valence-corrected chi connectivity index (χ0v) is 13.7. The Bertz CT molecular complexity index is 584. The standard InChI is InChI=1S/C15H20N4O2S/c1-19(2)13(11-4-6-12(21-3)7-5-11)10-17-14(20)18-15-16-8-9-22-15/h4-9,13H,10H2,1-3H3,(H2,16,17,18,20)/t13-/m1/s1. The highest BCUT2D eigenvalue weighted by molar-refractivity contribution is 7.13. The van der Waals surface area contributed by atoms with Crippen LogP contribution in [-0.4, -0.2) is 43.7 Å². The van der Waals surface area contributed by atoms with Crippen LogP contribution in [0.4, 0.5) is 9.93 Å². The summed E-state index contributed by atoms with van der Waals surface area (Å²) >= 11 is 1.38. The van der Waals surface area contributed by atoms with Gasteiger partial charge < -0.3 is 15.0 Å². The smallest absolute Gasteiger partial charge is 0.321 e. The van der Waals surface area contributed by atoms with Crippen molar-refractivity contribution in [2.75, 3.05) is 33.1 Å². The third-order valence-electron chi connectivity index (χ3n) is 3.23. The zero-order valence-electron chi connectivity index (χ0n) is 12.9. The van der Waals surface area contributed by atoms with Gasteiger partial charge in [-0.3, -0.25) is 5.32 Å². The van der Waals surface area contributed by atoms with E-state index >= 15 is 0 Å². The fraction of sp³-hybridized carbons (Fsp3) is 0.333. The molecule has 0 aliphatic carbocycles. The topological polar surface area (TPSA) is 66.5 Å². The van der Waals surface area contributed by atoms with Gasteiger partial charge in [0.2, 0.25) is 0 Å². The van der Waals surface area contributed by atoms with Crippen LogP contribution in [0.25, 0.3) is 0 Å². The molecule has 0 bridgehead atoms. The third-order valence-corrected chi connectivity index (χ3v) is 3.92. The number of carbonyl (C=O) groups excluding carboxylic acids is 1. The molecule has 0 aliphatic heterocycles. The molecule has 2 aromatic rings. The van der Waals surface area contributed by atoms with Gasteiger partial charge in [-0.1, -0.05) is 12.1 Å². The van der Waals surface area contributed by atoms with Crippen molar-refractivity contribution in [3.8, 4) is 5.75 Å². The Hall–Kier alpha value is -2.12. The lowest BCUT2D eigenvalue weighted by Gasteiger charge is -2.25. The van der Waals surface area contributed by atoms with E-state index in [1.54, 1.807) is 13.3 Å². The maximum absolute atomic E-state index is 11.9. The molecule has 2 amide bonds. The number of aromatic nitrogens is 1. The van der Waals surface area contributed by atoms with Crippen molar-refractivity contribution in [3.63, 3.8) is 0 Å². The number of likely N-dealkylation sites (N-methyl/N-ethyl adjacent to an activating group) is 1. The van der Waals surface area contributed by atoms with Crippen molar-refractivity contribution < 1.29 is 9.53 Å². The molecule has 0 fully saturated rings. The summed E-state index contributed by atoms with van der Waals surface area (Å²) in [5, 5.41) is 7.98. The number of urea groups is 1. The minimum atomic E-state index is -0.254. The first-order chi connectivity index (χ1) is 10.6. The first-order valence-corrected chi connectivity index (χ1v) is 7.73. The summed E-state index contributed by atoms with van der Waals surface area (Å²) in [5.41, 5.74) is 1.11. The second-order valence-corrected chi connectivity index (χ2v) is 5.82. The summed E-state index contributed by atoms with van der Waals surface area (Å²) in [7, 11) is 5.60. The molecule has 2 N–H and O–H groups in total. The number of anilines is 1. The summed E-state index contributed by atoms with van der Waals surface area (Å²) in [6.45, 7) is 0.497. The molecular formula is C15H20N4O2S. The molecule has 1 heterocycles. The Morgan fingerprint density at radius 1 is 1.36 bits per heavy atom. The molecule has 1 aromatic carbocycles. The molecule has 0 radical (unpaired) electrons. The van der Waals surface area contributed by atoms with Gasteiger partial charge in [0.15, 0.2) is 5.13 Å². The molecule has 0 saturated heterocycles. The molecule has 1 atom stereocenters. The number of nitrogens with one attached hydrogen (secondary N) is 2. The van der Waals surface area contributed by atoms with Crippen LogP contribution in [0, 0.1) is 0 Å². The van der Waals surface area contributed by atoms with Crippen LogP contribution in [0.3, 0.4) is 0 Å². The largest absolute Gasteiger partial charge is 0.497 e. The van der Waals surface area contributed by atoms with E-state index in [2.05, 4.69) is 20.5 Å². The minimum Gasteiger partial charge on any atom is -0.497 e. The Kier molecular flexibility index (Phi) is 5.74. The lowest BCUT2D eigenvalue weighted by molar-refractivity contribution is 0.243. The van der Waals surface area contributed by atoms with Gasteiger partial charge in [0.05, 0.1) is 13.2 Å². The summed E-state index contributed by atoms with van der Waals surface area (Å²) in [4.78, 5) is 18.0. The number of nitrogens with zero attached hydrogens (tertiary/aromatic N) is 2. The number of ether oxygens (including phenoxy) is 1. The number of methoxy groups -OCH3 is 1. The van der Waals surface area contributed by atoms with Gasteiger partial charge in [-0.2, -0.15) is 0 Å². The molecule has 2 rings (SSSR count). The molecule has 0 saturated carbocycles. The van der Waals surface area contributed by atoms with Crippen LogP contribution in [0.5, 0.6) is 5.75 Å². The second-order valence-electron chi connectivity index (χ2n) is 4.92. The maximum Gasteiger partial charge on any atom is 0.321 e. The molecule has 22 heavy (non-hydrogen) atoms.